The first kappa shape index (κ1) is 19.1. The van der Waals surface area contributed by atoms with Gasteiger partial charge < -0.3 is 10.2 Å². The molecule has 0 spiro atoms. The highest BCUT2D eigenvalue weighted by Gasteiger charge is 2.15. The maximum absolute atomic E-state index is 12.1. The summed E-state index contributed by atoms with van der Waals surface area (Å²) in [5.41, 5.74) is 3.75. The molecule has 1 aromatic heterocycles. The Bertz CT molecular complexity index is 638. The summed E-state index contributed by atoms with van der Waals surface area (Å²) >= 11 is 0. The van der Waals surface area contributed by atoms with Crippen LogP contribution in [0.3, 0.4) is 0 Å². The number of hydrogen-bond donors (Lipinski definition) is 1. The zero-order chi connectivity index (χ0) is 18.1. The number of carbonyl (C=O) groups excluding carboxylic acids is 1. The lowest BCUT2D eigenvalue weighted by atomic mass is 10.0. The van der Waals surface area contributed by atoms with Crippen molar-refractivity contribution in [1.29, 1.82) is 0 Å². The van der Waals surface area contributed by atoms with Crippen LogP contribution in [0, 0.1) is 0 Å². The maximum atomic E-state index is 12.1. The summed E-state index contributed by atoms with van der Waals surface area (Å²) in [7, 11) is 4.10. The van der Waals surface area contributed by atoms with E-state index in [0.29, 0.717) is 13.0 Å². The number of hydrogen-bond acceptors (Lipinski definition) is 3. The second-order valence-corrected chi connectivity index (χ2v) is 6.59. The van der Waals surface area contributed by atoms with Crippen LogP contribution in [0.25, 0.3) is 0 Å². The summed E-state index contributed by atoms with van der Waals surface area (Å²) < 4.78 is 0. The van der Waals surface area contributed by atoms with Gasteiger partial charge in [0, 0.05) is 25.4 Å². The fourth-order valence-electron chi connectivity index (χ4n) is 2.87. The Morgan fingerprint density at radius 1 is 1.16 bits per heavy atom. The van der Waals surface area contributed by atoms with Gasteiger partial charge in [-0.25, -0.2) is 0 Å². The fourth-order valence-corrected chi connectivity index (χ4v) is 2.87. The van der Waals surface area contributed by atoms with Crippen molar-refractivity contribution in [1.82, 2.24) is 15.2 Å². The number of amides is 1. The first-order chi connectivity index (χ1) is 12.1. The molecule has 0 aliphatic carbocycles. The summed E-state index contributed by atoms with van der Waals surface area (Å²) in [5, 5.41) is 3.08. The molecule has 2 rings (SSSR count). The van der Waals surface area contributed by atoms with E-state index in [1.54, 1.807) is 6.20 Å². The predicted octanol–water partition coefficient (Wildman–Crippen LogP) is 3.39. The largest absolute Gasteiger partial charge is 0.354 e. The van der Waals surface area contributed by atoms with Crippen LogP contribution in [0.1, 0.15) is 42.5 Å². The molecule has 1 heterocycles. The first-order valence-corrected chi connectivity index (χ1v) is 9.01. The van der Waals surface area contributed by atoms with Crippen LogP contribution in [-0.4, -0.2) is 36.4 Å². The number of aromatic nitrogens is 1. The van der Waals surface area contributed by atoms with Gasteiger partial charge in [-0.1, -0.05) is 37.3 Å². The molecule has 25 heavy (non-hydrogen) atoms. The van der Waals surface area contributed by atoms with Gasteiger partial charge in [-0.3, -0.25) is 9.78 Å². The Kier molecular flexibility index (Phi) is 7.61. The topological polar surface area (TPSA) is 45.2 Å². The molecule has 4 heteroatoms. The van der Waals surface area contributed by atoms with Gasteiger partial charge in [0.2, 0.25) is 5.91 Å². The van der Waals surface area contributed by atoms with Crippen LogP contribution < -0.4 is 5.32 Å². The minimum Gasteiger partial charge on any atom is -0.354 e. The summed E-state index contributed by atoms with van der Waals surface area (Å²) in [6.07, 6.45) is 6.95. The molecule has 1 N–H and O–H groups in total. The monoisotopic (exact) mass is 339 g/mol. The van der Waals surface area contributed by atoms with Gasteiger partial charge in [-0.2, -0.15) is 0 Å². The lowest BCUT2D eigenvalue weighted by Crippen LogP contribution is -2.34. The van der Waals surface area contributed by atoms with Crippen LogP contribution in [0.15, 0.2) is 48.8 Å². The third-order valence-corrected chi connectivity index (χ3v) is 4.48. The van der Waals surface area contributed by atoms with Gasteiger partial charge in [0.25, 0.3) is 0 Å². The van der Waals surface area contributed by atoms with Crippen LogP contribution in [0.5, 0.6) is 0 Å². The van der Waals surface area contributed by atoms with Crippen LogP contribution in [0.4, 0.5) is 0 Å². The van der Waals surface area contributed by atoms with Gasteiger partial charge in [0.15, 0.2) is 0 Å². The van der Waals surface area contributed by atoms with Gasteiger partial charge in [0.05, 0.1) is 6.04 Å². The highest BCUT2D eigenvalue weighted by molar-refractivity contribution is 5.75. The molecule has 1 unspecified atom stereocenters. The predicted molar refractivity (Wildman–Crippen MR) is 102 cm³/mol. The first-order valence-electron chi connectivity index (χ1n) is 9.01. The number of pyridine rings is 1. The Morgan fingerprint density at radius 2 is 1.92 bits per heavy atom. The number of aryl methyl sites for hydroxylation is 2. The Morgan fingerprint density at radius 3 is 2.52 bits per heavy atom. The van der Waals surface area contributed by atoms with E-state index in [-0.39, 0.29) is 11.9 Å². The molecule has 1 aromatic carbocycles. The van der Waals surface area contributed by atoms with E-state index < -0.39 is 0 Å². The highest BCUT2D eigenvalue weighted by atomic mass is 16.1. The lowest BCUT2D eigenvalue weighted by molar-refractivity contribution is -0.121. The van der Waals surface area contributed by atoms with Crippen molar-refractivity contribution in [2.45, 2.75) is 38.6 Å². The normalized spacial score (nSPS) is 12.2. The average molecular weight is 339 g/mol. The quantitative estimate of drug-likeness (QED) is 0.762. The molecule has 0 aliphatic heterocycles. The highest BCUT2D eigenvalue weighted by Crippen LogP contribution is 2.18. The molecule has 0 saturated heterocycles. The summed E-state index contributed by atoms with van der Waals surface area (Å²) in [6, 6.07) is 12.8. The molecular weight excluding hydrogens is 310 g/mol. The minimum absolute atomic E-state index is 0.112. The lowest BCUT2D eigenvalue weighted by Gasteiger charge is -2.25. The van der Waals surface area contributed by atoms with Crippen LogP contribution >= 0.6 is 0 Å². The standard InChI is InChI=1S/C21H29N3O/c1-4-17-10-12-19(13-11-17)20(24(2)3)16-23-21(25)9-5-7-18-8-6-14-22-15-18/h6,8,10-15,20H,4-5,7,9,16H2,1-3H3,(H,23,25). The van der Waals surface area contributed by atoms with Crippen molar-refractivity contribution < 1.29 is 4.79 Å². The summed E-state index contributed by atoms with van der Waals surface area (Å²) in [5.74, 6) is 0.112. The molecule has 4 nitrogen and oxygen atoms in total. The van der Waals surface area contributed by atoms with Crippen molar-refractivity contribution in [2.24, 2.45) is 0 Å². The maximum Gasteiger partial charge on any atom is 0.220 e. The minimum atomic E-state index is 0.112. The SMILES string of the molecule is CCc1ccc(C(CNC(=O)CCCc2cccnc2)N(C)C)cc1. The Balaban J connectivity index is 1.80. The molecule has 1 atom stereocenters. The van der Waals surface area contributed by atoms with E-state index in [1.807, 2.05) is 32.4 Å². The average Bonchev–Trinajstić information content (AvgIpc) is 2.63. The van der Waals surface area contributed by atoms with Gasteiger partial charge in [-0.15, -0.1) is 0 Å². The number of carbonyl (C=O) groups is 1. The molecule has 0 radical (unpaired) electrons. The van der Waals surface area contributed by atoms with Gasteiger partial charge in [0.1, 0.15) is 0 Å². The zero-order valence-corrected chi connectivity index (χ0v) is 15.5. The van der Waals surface area contributed by atoms with E-state index in [9.17, 15) is 4.79 Å². The van der Waals surface area contributed by atoms with Crippen molar-refractivity contribution in [3.63, 3.8) is 0 Å². The number of rotatable bonds is 9. The molecule has 0 bridgehead atoms. The van der Waals surface area contributed by atoms with Crippen LogP contribution in [0.2, 0.25) is 0 Å². The Labute approximate surface area is 151 Å². The smallest absolute Gasteiger partial charge is 0.220 e. The van der Waals surface area contributed by atoms with E-state index in [1.165, 1.54) is 16.7 Å². The fraction of sp³-hybridized carbons (Fsp3) is 0.429. The molecule has 0 fully saturated rings. The number of likely N-dealkylation sites (N-methyl/N-ethyl adjacent to an activating group) is 1. The molecule has 134 valence electrons. The van der Waals surface area contributed by atoms with Gasteiger partial charge in [-0.05, 0) is 56.1 Å². The molecular formula is C21H29N3O. The Hall–Kier alpha value is -2.20. The van der Waals surface area contributed by atoms with E-state index >= 15 is 0 Å². The van der Waals surface area contributed by atoms with Crippen LogP contribution in [-0.2, 0) is 17.6 Å². The van der Waals surface area contributed by atoms with E-state index in [4.69, 9.17) is 0 Å². The number of nitrogens with one attached hydrogen (secondary N) is 1. The second-order valence-electron chi connectivity index (χ2n) is 6.59. The molecule has 0 saturated carbocycles. The third kappa shape index (κ3) is 6.31. The number of nitrogens with zero attached hydrogens (tertiary/aromatic N) is 2. The van der Waals surface area contributed by atoms with E-state index in [0.717, 1.165) is 19.3 Å². The zero-order valence-electron chi connectivity index (χ0n) is 15.5. The van der Waals surface area contributed by atoms with Gasteiger partial charge >= 0.3 is 0 Å². The third-order valence-electron chi connectivity index (χ3n) is 4.48. The second kappa shape index (κ2) is 9.94. The van der Waals surface area contributed by atoms with Crippen molar-refractivity contribution in [3.05, 3.63) is 65.5 Å². The molecule has 0 aliphatic rings. The van der Waals surface area contributed by atoms with Crippen molar-refractivity contribution in [3.8, 4) is 0 Å². The summed E-state index contributed by atoms with van der Waals surface area (Å²) in [4.78, 5) is 18.4. The summed E-state index contributed by atoms with van der Waals surface area (Å²) in [6.45, 7) is 2.79. The van der Waals surface area contributed by atoms with Crippen molar-refractivity contribution >= 4 is 5.91 Å². The number of benzene rings is 1. The molecule has 2 aromatic rings. The van der Waals surface area contributed by atoms with Crippen molar-refractivity contribution in [2.75, 3.05) is 20.6 Å². The van der Waals surface area contributed by atoms with E-state index in [2.05, 4.69) is 46.4 Å². The molecule has 1 amide bonds.